The van der Waals surface area contributed by atoms with Crippen molar-refractivity contribution < 1.29 is 14.6 Å². The van der Waals surface area contributed by atoms with Crippen LogP contribution in [0.5, 0.6) is 0 Å². The third-order valence-corrected chi connectivity index (χ3v) is 6.11. The third-order valence-electron chi connectivity index (χ3n) is 4.87. The lowest BCUT2D eigenvalue weighted by Gasteiger charge is -2.32. The Bertz CT molecular complexity index is 916. The number of hydrogen-bond acceptors (Lipinski definition) is 7. The lowest BCUT2D eigenvalue weighted by Crippen LogP contribution is -2.41. The van der Waals surface area contributed by atoms with E-state index in [9.17, 15) is 9.90 Å². The predicted octanol–water partition coefficient (Wildman–Crippen LogP) is 2.86. The molecule has 3 heterocycles. The number of anilines is 1. The van der Waals surface area contributed by atoms with E-state index < -0.39 is 12.1 Å². The van der Waals surface area contributed by atoms with Crippen molar-refractivity contribution in [2.45, 2.75) is 18.9 Å². The van der Waals surface area contributed by atoms with Gasteiger partial charge in [-0.25, -0.2) is 14.3 Å². The molecule has 0 saturated carbocycles. The Hall–Kier alpha value is -2.16. The normalized spacial score (nSPS) is 16.6. The molecule has 0 bridgehead atoms. The highest BCUT2D eigenvalue weighted by Crippen LogP contribution is 2.30. The van der Waals surface area contributed by atoms with Gasteiger partial charge in [-0.15, -0.1) is 5.10 Å². The molecule has 1 aliphatic heterocycles. The molecule has 142 valence electrons. The Morgan fingerprint density at radius 3 is 2.67 bits per heavy atom. The molecule has 3 aromatic rings. The van der Waals surface area contributed by atoms with Crippen LogP contribution in [-0.2, 0) is 9.53 Å². The van der Waals surface area contributed by atoms with Gasteiger partial charge in [0.2, 0.25) is 10.1 Å². The molecule has 1 saturated heterocycles. The van der Waals surface area contributed by atoms with Crippen LogP contribution in [0.15, 0.2) is 30.5 Å². The molecule has 0 radical (unpaired) electrons. The number of halogens is 1. The number of methoxy groups -OCH3 is 1. The summed E-state index contributed by atoms with van der Waals surface area (Å²) in [6.07, 6.45) is 2.29. The van der Waals surface area contributed by atoms with Crippen molar-refractivity contribution in [2.75, 3.05) is 25.1 Å². The fourth-order valence-corrected chi connectivity index (χ4v) is 4.36. The zero-order chi connectivity index (χ0) is 19.0. The zero-order valence-corrected chi connectivity index (χ0v) is 16.3. The molecule has 0 spiro atoms. The third kappa shape index (κ3) is 3.65. The van der Waals surface area contributed by atoms with Gasteiger partial charge in [-0.05, 0) is 30.9 Å². The first kappa shape index (κ1) is 18.2. The maximum Gasteiger partial charge on any atom is 0.334 e. The summed E-state index contributed by atoms with van der Waals surface area (Å²) >= 11 is 7.47. The molecule has 1 fully saturated rings. The Morgan fingerprint density at radius 1 is 1.33 bits per heavy atom. The van der Waals surface area contributed by atoms with E-state index in [1.807, 2.05) is 30.5 Å². The van der Waals surface area contributed by atoms with Crippen LogP contribution in [-0.4, -0.2) is 52.0 Å². The molecule has 2 aromatic heterocycles. The number of esters is 1. The molecular formula is C18H19ClN4O3S. The molecular weight excluding hydrogens is 388 g/mol. The predicted molar refractivity (Wildman–Crippen MR) is 104 cm³/mol. The second kappa shape index (κ2) is 7.46. The van der Waals surface area contributed by atoms with Gasteiger partial charge in [0.15, 0.2) is 6.10 Å². The molecule has 1 aromatic carbocycles. The smallest absolute Gasteiger partial charge is 0.334 e. The summed E-state index contributed by atoms with van der Waals surface area (Å²) in [5.41, 5.74) is 1.85. The monoisotopic (exact) mass is 406 g/mol. The molecule has 1 atom stereocenters. The molecule has 0 aliphatic carbocycles. The number of nitrogens with zero attached hydrogens (tertiary/aromatic N) is 4. The number of aliphatic hydroxyl groups is 1. The summed E-state index contributed by atoms with van der Waals surface area (Å²) in [5, 5.41) is 16.2. The number of hydrogen-bond donors (Lipinski definition) is 1. The number of carbonyl (C=O) groups is 1. The quantitative estimate of drug-likeness (QED) is 0.671. The SMILES string of the molecule is COC(=O)C(O)C1CCN(c2nn3cc(-c4ccc(Cl)cc4)nc3s2)CC1. The minimum atomic E-state index is -1.05. The van der Waals surface area contributed by atoms with Crippen molar-refractivity contribution in [3.63, 3.8) is 0 Å². The lowest BCUT2D eigenvalue weighted by atomic mass is 9.91. The van der Waals surface area contributed by atoms with E-state index in [-0.39, 0.29) is 5.92 Å². The van der Waals surface area contributed by atoms with E-state index in [0.717, 1.165) is 34.4 Å². The maximum absolute atomic E-state index is 11.5. The van der Waals surface area contributed by atoms with Crippen molar-refractivity contribution in [3.8, 4) is 11.3 Å². The topological polar surface area (TPSA) is 80.0 Å². The number of aromatic nitrogens is 3. The first-order chi connectivity index (χ1) is 13.0. The summed E-state index contributed by atoms with van der Waals surface area (Å²) in [7, 11) is 1.30. The average molecular weight is 407 g/mol. The van der Waals surface area contributed by atoms with E-state index in [1.54, 1.807) is 4.52 Å². The number of aliphatic hydroxyl groups excluding tert-OH is 1. The van der Waals surface area contributed by atoms with Gasteiger partial charge < -0.3 is 14.7 Å². The van der Waals surface area contributed by atoms with Crippen LogP contribution in [0.2, 0.25) is 5.02 Å². The standard InChI is InChI=1S/C18H19ClN4O3S/c1-26-16(25)15(24)12-6-8-22(9-7-12)18-21-23-10-14(20-17(23)27-18)11-2-4-13(19)5-3-11/h2-5,10,12,15,24H,6-9H2,1H3. The van der Waals surface area contributed by atoms with Crippen molar-refractivity contribution >= 4 is 39.0 Å². The number of carbonyl (C=O) groups excluding carboxylic acids is 1. The Morgan fingerprint density at radius 2 is 2.04 bits per heavy atom. The number of rotatable bonds is 4. The van der Waals surface area contributed by atoms with Crippen LogP contribution in [0.25, 0.3) is 16.2 Å². The van der Waals surface area contributed by atoms with E-state index in [0.29, 0.717) is 17.9 Å². The first-order valence-electron chi connectivity index (χ1n) is 8.68. The molecule has 1 N–H and O–H groups in total. The van der Waals surface area contributed by atoms with Gasteiger partial charge in [-0.3, -0.25) is 0 Å². The summed E-state index contributed by atoms with van der Waals surface area (Å²) in [6, 6.07) is 7.56. The highest BCUT2D eigenvalue weighted by molar-refractivity contribution is 7.20. The molecule has 1 aliphatic rings. The van der Waals surface area contributed by atoms with Gasteiger partial charge in [0, 0.05) is 23.7 Å². The largest absolute Gasteiger partial charge is 0.467 e. The van der Waals surface area contributed by atoms with Gasteiger partial charge in [0.1, 0.15) is 0 Å². The Kier molecular flexibility index (Phi) is 5.03. The Balaban J connectivity index is 1.45. The Labute approximate surface area is 165 Å². The van der Waals surface area contributed by atoms with E-state index >= 15 is 0 Å². The van der Waals surface area contributed by atoms with Crippen LogP contribution in [0.1, 0.15) is 12.8 Å². The number of benzene rings is 1. The number of piperidine rings is 1. The minimum Gasteiger partial charge on any atom is -0.467 e. The minimum absolute atomic E-state index is 0.0748. The van der Waals surface area contributed by atoms with Gasteiger partial charge in [0.05, 0.1) is 19.0 Å². The van der Waals surface area contributed by atoms with Gasteiger partial charge in [0.25, 0.3) is 0 Å². The van der Waals surface area contributed by atoms with Crippen LogP contribution in [0, 0.1) is 5.92 Å². The highest BCUT2D eigenvalue weighted by atomic mass is 35.5. The molecule has 1 unspecified atom stereocenters. The zero-order valence-electron chi connectivity index (χ0n) is 14.7. The van der Waals surface area contributed by atoms with Crippen molar-refractivity contribution in [2.24, 2.45) is 5.92 Å². The summed E-state index contributed by atoms with van der Waals surface area (Å²) in [6.45, 7) is 1.47. The van der Waals surface area contributed by atoms with E-state index in [1.165, 1.54) is 18.4 Å². The summed E-state index contributed by atoms with van der Waals surface area (Å²) < 4.78 is 6.42. The average Bonchev–Trinajstić information content (AvgIpc) is 3.27. The number of fused-ring (bicyclic) bond motifs is 1. The van der Waals surface area contributed by atoms with Crippen LogP contribution < -0.4 is 4.90 Å². The molecule has 9 heteroatoms. The van der Waals surface area contributed by atoms with Crippen molar-refractivity contribution in [1.29, 1.82) is 0 Å². The number of imidazole rings is 1. The fourth-order valence-electron chi connectivity index (χ4n) is 3.30. The van der Waals surface area contributed by atoms with Crippen molar-refractivity contribution in [3.05, 3.63) is 35.5 Å². The van der Waals surface area contributed by atoms with E-state index in [4.69, 9.17) is 11.6 Å². The second-order valence-corrected chi connectivity index (χ2v) is 7.91. The van der Waals surface area contributed by atoms with Crippen LogP contribution in [0.4, 0.5) is 5.13 Å². The van der Waals surface area contributed by atoms with Gasteiger partial charge >= 0.3 is 5.97 Å². The fraction of sp³-hybridized carbons (Fsp3) is 0.389. The van der Waals surface area contributed by atoms with Gasteiger partial charge in [-0.1, -0.05) is 35.1 Å². The summed E-state index contributed by atoms with van der Waals surface area (Å²) in [4.78, 5) is 19.1. The molecule has 0 amide bonds. The second-order valence-electron chi connectivity index (χ2n) is 6.54. The number of ether oxygens (including phenoxy) is 1. The van der Waals surface area contributed by atoms with Crippen LogP contribution in [0.3, 0.4) is 0 Å². The molecule has 27 heavy (non-hydrogen) atoms. The summed E-state index contributed by atoms with van der Waals surface area (Å²) in [5.74, 6) is -0.634. The maximum atomic E-state index is 11.5. The van der Waals surface area contributed by atoms with Crippen LogP contribution >= 0.6 is 22.9 Å². The first-order valence-corrected chi connectivity index (χ1v) is 9.87. The van der Waals surface area contributed by atoms with E-state index in [2.05, 4.69) is 19.7 Å². The van der Waals surface area contributed by atoms with Crippen molar-refractivity contribution in [1.82, 2.24) is 14.6 Å². The lowest BCUT2D eigenvalue weighted by molar-refractivity contribution is -0.153. The molecule has 4 rings (SSSR count). The highest BCUT2D eigenvalue weighted by Gasteiger charge is 2.31. The van der Waals surface area contributed by atoms with Gasteiger partial charge in [-0.2, -0.15) is 0 Å². The molecule has 7 nitrogen and oxygen atoms in total.